The van der Waals surface area contributed by atoms with Crippen LogP contribution in [0.15, 0.2) is 91.0 Å². The van der Waals surface area contributed by atoms with Crippen LogP contribution in [0, 0.1) is 13.8 Å². The lowest BCUT2D eigenvalue weighted by Crippen LogP contribution is -2.26. The smallest absolute Gasteiger partial charge is 0.0465 e. The van der Waals surface area contributed by atoms with Crippen molar-refractivity contribution < 1.29 is 0 Å². The highest BCUT2D eigenvalue weighted by Crippen LogP contribution is 2.55. The zero-order valence-corrected chi connectivity index (χ0v) is 28.0. The second-order valence-electron chi connectivity index (χ2n) is 13.4. The van der Waals surface area contributed by atoms with Crippen LogP contribution in [0.5, 0.6) is 0 Å². The maximum Gasteiger partial charge on any atom is 0.0465 e. The number of unbranched alkanes of at least 4 members (excludes halogenated alkanes) is 10. The normalized spacial score (nSPS) is 13.1. The Bertz CT molecular complexity index is 1380. The molecule has 0 fully saturated rings. The molecule has 0 aliphatic heterocycles. The number of anilines is 3. The Morgan fingerprint density at radius 3 is 1.45 bits per heavy atom. The highest BCUT2D eigenvalue weighted by atomic mass is 15.1. The summed E-state index contributed by atoms with van der Waals surface area (Å²) < 4.78 is 0. The first-order valence-electron chi connectivity index (χ1n) is 17.8. The lowest BCUT2D eigenvalue weighted by Gasteiger charge is -2.34. The average Bonchev–Trinajstić information content (AvgIpc) is 3.31. The van der Waals surface area contributed by atoms with Crippen molar-refractivity contribution in [2.75, 3.05) is 4.90 Å². The molecule has 4 aromatic carbocycles. The molecule has 0 aromatic heterocycles. The summed E-state index contributed by atoms with van der Waals surface area (Å²) >= 11 is 0. The summed E-state index contributed by atoms with van der Waals surface area (Å²) in [4.78, 5) is 2.46. The Morgan fingerprint density at radius 2 is 0.909 bits per heavy atom. The molecule has 232 valence electrons. The number of rotatable bonds is 17. The summed E-state index contributed by atoms with van der Waals surface area (Å²) in [5.74, 6) is 0. The van der Waals surface area contributed by atoms with Crippen molar-refractivity contribution in [2.24, 2.45) is 0 Å². The van der Waals surface area contributed by atoms with Gasteiger partial charge in [0.1, 0.15) is 0 Å². The van der Waals surface area contributed by atoms with Gasteiger partial charge in [0, 0.05) is 22.5 Å². The number of benzene rings is 4. The zero-order chi connectivity index (χ0) is 30.8. The van der Waals surface area contributed by atoms with Crippen molar-refractivity contribution in [3.05, 3.63) is 113 Å². The van der Waals surface area contributed by atoms with Crippen molar-refractivity contribution >= 4 is 17.1 Å². The molecule has 0 atom stereocenters. The summed E-state index contributed by atoms with van der Waals surface area (Å²) in [5.41, 5.74) is 12.4. The van der Waals surface area contributed by atoms with Gasteiger partial charge in [0.25, 0.3) is 0 Å². The topological polar surface area (TPSA) is 3.24 Å². The Balaban J connectivity index is 1.56. The van der Waals surface area contributed by atoms with Crippen LogP contribution in [0.25, 0.3) is 11.1 Å². The van der Waals surface area contributed by atoms with Crippen LogP contribution in [0.4, 0.5) is 17.1 Å². The van der Waals surface area contributed by atoms with E-state index in [2.05, 4.69) is 124 Å². The van der Waals surface area contributed by atoms with Gasteiger partial charge in [-0.05, 0) is 85.3 Å². The molecular formula is C43H55N. The number of fused-ring (bicyclic) bond motifs is 3. The van der Waals surface area contributed by atoms with Gasteiger partial charge < -0.3 is 4.90 Å². The number of hydrogen-bond donors (Lipinski definition) is 0. The molecule has 1 nitrogen and oxygen atoms in total. The van der Waals surface area contributed by atoms with E-state index in [0.717, 1.165) is 0 Å². The Hall–Kier alpha value is -3.32. The van der Waals surface area contributed by atoms with Crippen LogP contribution in [-0.2, 0) is 5.41 Å². The van der Waals surface area contributed by atoms with Gasteiger partial charge in [0.15, 0.2) is 0 Å². The van der Waals surface area contributed by atoms with E-state index in [9.17, 15) is 0 Å². The molecule has 5 rings (SSSR count). The van der Waals surface area contributed by atoms with Gasteiger partial charge in [-0.25, -0.2) is 0 Å². The molecule has 0 saturated carbocycles. The predicted molar refractivity (Wildman–Crippen MR) is 193 cm³/mol. The van der Waals surface area contributed by atoms with Crippen molar-refractivity contribution in [1.29, 1.82) is 0 Å². The Labute approximate surface area is 268 Å². The van der Waals surface area contributed by atoms with E-state index in [4.69, 9.17) is 0 Å². The summed E-state index contributed by atoms with van der Waals surface area (Å²) in [5, 5.41) is 0. The van der Waals surface area contributed by atoms with Gasteiger partial charge in [-0.1, -0.05) is 157 Å². The molecule has 0 bridgehead atoms. The molecular weight excluding hydrogens is 530 g/mol. The maximum absolute atomic E-state index is 2.57. The first-order valence-corrected chi connectivity index (χ1v) is 17.8. The number of aryl methyl sites for hydroxylation is 2. The molecule has 1 heteroatoms. The largest absolute Gasteiger partial charge is 0.310 e. The van der Waals surface area contributed by atoms with E-state index in [1.165, 1.54) is 129 Å². The highest BCUT2D eigenvalue weighted by Gasteiger charge is 2.42. The molecule has 1 aliphatic carbocycles. The van der Waals surface area contributed by atoms with Crippen LogP contribution in [-0.4, -0.2) is 0 Å². The van der Waals surface area contributed by atoms with Gasteiger partial charge in [-0.15, -0.1) is 0 Å². The standard InChI is InChI=1S/C43H55N/c1-5-7-9-11-13-17-31-43(32-18-14-12-10-8-6-2)41-20-16-15-19-39(41)40-30-29-38(33-42(40)43)44(36-25-21-34(3)22-26-36)37-27-23-35(4)24-28-37/h15-16,19-30,33H,5-14,17-18,31-32H2,1-4H3. The SMILES string of the molecule is CCCCCCCCC1(CCCCCCCC)c2ccccc2-c2ccc(N(c3ccc(C)cc3)c3ccc(C)cc3)cc21. The van der Waals surface area contributed by atoms with E-state index in [1.54, 1.807) is 11.1 Å². The third kappa shape index (κ3) is 7.31. The van der Waals surface area contributed by atoms with Crippen LogP contribution >= 0.6 is 0 Å². The molecule has 0 unspecified atom stereocenters. The van der Waals surface area contributed by atoms with Crippen LogP contribution < -0.4 is 4.90 Å². The van der Waals surface area contributed by atoms with Gasteiger partial charge in [0.2, 0.25) is 0 Å². The summed E-state index contributed by atoms with van der Waals surface area (Å²) in [6, 6.07) is 34.8. The van der Waals surface area contributed by atoms with Gasteiger partial charge >= 0.3 is 0 Å². The molecule has 0 N–H and O–H groups in total. The molecule has 0 saturated heterocycles. The summed E-state index contributed by atoms with van der Waals surface area (Å²) in [6.45, 7) is 8.98. The molecule has 0 heterocycles. The van der Waals surface area contributed by atoms with Crippen LogP contribution in [0.3, 0.4) is 0 Å². The first kappa shape index (κ1) is 32.1. The summed E-state index contributed by atoms with van der Waals surface area (Å²) in [6.07, 6.45) is 18.6. The van der Waals surface area contributed by atoms with Crippen LogP contribution in [0.1, 0.15) is 126 Å². The maximum atomic E-state index is 2.57. The predicted octanol–water partition coefficient (Wildman–Crippen LogP) is 13.5. The number of nitrogens with zero attached hydrogens (tertiary/aromatic N) is 1. The fourth-order valence-corrected chi connectivity index (χ4v) is 7.50. The van der Waals surface area contributed by atoms with E-state index in [1.807, 2.05) is 0 Å². The monoisotopic (exact) mass is 585 g/mol. The van der Waals surface area contributed by atoms with Crippen molar-refractivity contribution in [2.45, 2.75) is 123 Å². The number of hydrogen-bond acceptors (Lipinski definition) is 1. The minimum Gasteiger partial charge on any atom is -0.310 e. The van der Waals surface area contributed by atoms with E-state index in [0.29, 0.717) is 0 Å². The van der Waals surface area contributed by atoms with Gasteiger partial charge in [0.05, 0.1) is 0 Å². The minimum atomic E-state index is 0.0870. The first-order chi connectivity index (χ1) is 21.6. The van der Waals surface area contributed by atoms with Crippen molar-refractivity contribution in [1.82, 2.24) is 0 Å². The minimum absolute atomic E-state index is 0.0870. The van der Waals surface area contributed by atoms with Crippen molar-refractivity contribution in [3.63, 3.8) is 0 Å². The molecule has 4 aromatic rings. The van der Waals surface area contributed by atoms with Gasteiger partial charge in [-0.2, -0.15) is 0 Å². The quantitative estimate of drug-likeness (QED) is 0.111. The Morgan fingerprint density at radius 1 is 0.455 bits per heavy atom. The Kier molecular flexibility index (Phi) is 11.4. The van der Waals surface area contributed by atoms with E-state index in [-0.39, 0.29) is 5.41 Å². The summed E-state index contributed by atoms with van der Waals surface area (Å²) in [7, 11) is 0. The van der Waals surface area contributed by atoms with Gasteiger partial charge in [-0.3, -0.25) is 0 Å². The highest BCUT2D eigenvalue weighted by molar-refractivity contribution is 5.85. The zero-order valence-electron chi connectivity index (χ0n) is 28.0. The van der Waals surface area contributed by atoms with Crippen molar-refractivity contribution in [3.8, 4) is 11.1 Å². The fraction of sp³-hybridized carbons (Fsp3) is 0.442. The second kappa shape index (κ2) is 15.6. The molecule has 0 spiro atoms. The third-order valence-corrected chi connectivity index (χ3v) is 10.0. The molecule has 44 heavy (non-hydrogen) atoms. The lowest BCUT2D eigenvalue weighted by atomic mass is 9.70. The average molecular weight is 586 g/mol. The molecule has 0 radical (unpaired) electrons. The fourth-order valence-electron chi connectivity index (χ4n) is 7.50. The van der Waals surface area contributed by atoms with Crippen LogP contribution in [0.2, 0.25) is 0 Å². The second-order valence-corrected chi connectivity index (χ2v) is 13.4. The molecule has 1 aliphatic rings. The third-order valence-electron chi connectivity index (χ3n) is 10.0. The van der Waals surface area contributed by atoms with E-state index < -0.39 is 0 Å². The molecule has 0 amide bonds. The lowest BCUT2D eigenvalue weighted by molar-refractivity contribution is 0.398. The van der Waals surface area contributed by atoms with E-state index >= 15 is 0 Å².